The number of nitrogens with two attached hydrogens (primary N) is 1. The van der Waals surface area contributed by atoms with E-state index in [2.05, 4.69) is 18.7 Å². The topological polar surface area (TPSA) is 141 Å². The Hall–Kier alpha value is -2.22. The quantitative estimate of drug-likeness (QED) is 0.463. The van der Waals surface area contributed by atoms with Crippen LogP contribution in [0.1, 0.15) is 36.8 Å². The molecule has 13 heteroatoms. The summed E-state index contributed by atoms with van der Waals surface area (Å²) in [6.45, 7) is 6.46. The van der Waals surface area contributed by atoms with E-state index in [0.29, 0.717) is 18.0 Å². The minimum absolute atomic E-state index is 0.0126. The van der Waals surface area contributed by atoms with Gasteiger partial charge in [0, 0.05) is 39.0 Å². The van der Waals surface area contributed by atoms with Crippen LogP contribution in [0.25, 0.3) is 0 Å². The average molecular weight is 526 g/mol. The molecule has 3 atom stereocenters. The van der Waals surface area contributed by atoms with E-state index in [1.807, 2.05) is 7.05 Å². The number of carboxylic acids is 1. The van der Waals surface area contributed by atoms with Crippen LogP contribution >= 0.6 is 0 Å². The maximum absolute atomic E-state index is 12.8. The number of aliphatic hydroxyl groups is 1. The van der Waals surface area contributed by atoms with Crippen LogP contribution in [-0.2, 0) is 25.8 Å². The molecule has 1 aliphatic rings. The number of halogens is 3. The van der Waals surface area contributed by atoms with Crippen molar-refractivity contribution in [2.45, 2.75) is 50.4 Å². The average Bonchev–Trinajstić information content (AvgIpc) is 3.15. The lowest BCUT2D eigenvalue weighted by atomic mass is 10.0. The molecule has 2 unspecified atom stereocenters. The number of aliphatic carboxylic acids is 1. The van der Waals surface area contributed by atoms with Crippen molar-refractivity contribution in [1.82, 2.24) is 9.80 Å². The van der Waals surface area contributed by atoms with Gasteiger partial charge in [0.15, 0.2) is 9.84 Å². The molecule has 200 valence electrons. The fourth-order valence-electron chi connectivity index (χ4n) is 3.58. The van der Waals surface area contributed by atoms with Crippen molar-refractivity contribution in [1.29, 1.82) is 0 Å². The van der Waals surface area contributed by atoms with Gasteiger partial charge in [-0.1, -0.05) is 38.1 Å². The highest BCUT2D eigenvalue weighted by atomic mass is 32.2. The van der Waals surface area contributed by atoms with Crippen molar-refractivity contribution in [2.75, 3.05) is 32.9 Å². The number of benzene rings is 1. The molecule has 0 radical (unpaired) electrons. The van der Waals surface area contributed by atoms with Crippen LogP contribution < -0.4 is 5.73 Å². The molecule has 0 aromatic heterocycles. The molecule has 0 saturated carbocycles. The van der Waals surface area contributed by atoms with Crippen LogP contribution in [-0.4, -0.2) is 91.6 Å². The summed E-state index contributed by atoms with van der Waals surface area (Å²) in [7, 11) is -1.53. The molecule has 35 heavy (non-hydrogen) atoms. The summed E-state index contributed by atoms with van der Waals surface area (Å²) in [6.07, 6.45) is -3.22. The summed E-state index contributed by atoms with van der Waals surface area (Å²) in [5.74, 6) is -2.45. The maximum Gasteiger partial charge on any atom is 0.490 e. The lowest BCUT2D eigenvalue weighted by Gasteiger charge is -2.34. The van der Waals surface area contributed by atoms with Gasteiger partial charge in [0.25, 0.3) is 0 Å². The van der Waals surface area contributed by atoms with E-state index in [-0.39, 0.29) is 24.5 Å². The van der Waals surface area contributed by atoms with E-state index in [4.69, 9.17) is 15.6 Å². The SMILES string of the molecule is CC(C)[C@@H](CN1CCC(O)C1)N(C)C(=O)Cc1ccc(C(N)S(C)(=O)=O)cc1.O=C(O)C(F)(F)F. The van der Waals surface area contributed by atoms with Crippen LogP contribution in [0.3, 0.4) is 0 Å². The van der Waals surface area contributed by atoms with Gasteiger partial charge in [-0.25, -0.2) is 13.2 Å². The van der Waals surface area contributed by atoms with Gasteiger partial charge in [-0.3, -0.25) is 9.69 Å². The van der Waals surface area contributed by atoms with Gasteiger partial charge in [0.2, 0.25) is 5.91 Å². The summed E-state index contributed by atoms with van der Waals surface area (Å²) >= 11 is 0. The van der Waals surface area contributed by atoms with Crippen LogP contribution in [0, 0.1) is 5.92 Å². The molecule has 4 N–H and O–H groups in total. The monoisotopic (exact) mass is 525 g/mol. The number of carbonyl (C=O) groups excluding carboxylic acids is 1. The number of amides is 1. The number of aliphatic hydroxyl groups excluding tert-OH is 1. The minimum Gasteiger partial charge on any atom is -0.475 e. The third kappa shape index (κ3) is 10.1. The van der Waals surface area contributed by atoms with Gasteiger partial charge in [0.05, 0.1) is 12.5 Å². The predicted molar refractivity (Wildman–Crippen MR) is 124 cm³/mol. The van der Waals surface area contributed by atoms with Crippen molar-refractivity contribution in [3.05, 3.63) is 35.4 Å². The van der Waals surface area contributed by atoms with E-state index >= 15 is 0 Å². The highest BCUT2D eigenvalue weighted by molar-refractivity contribution is 7.90. The molecule has 1 aliphatic heterocycles. The van der Waals surface area contributed by atoms with Gasteiger partial charge in [-0.15, -0.1) is 0 Å². The van der Waals surface area contributed by atoms with Gasteiger partial charge < -0.3 is 20.8 Å². The number of β-amino-alcohol motifs (C(OH)–C–C–N with tert-alkyl or cyclic N) is 1. The summed E-state index contributed by atoms with van der Waals surface area (Å²) in [6, 6.07) is 6.91. The molecule has 0 spiro atoms. The normalized spacial score (nSPS) is 18.5. The second-order valence-electron chi connectivity index (χ2n) is 8.99. The number of alkyl halides is 3. The van der Waals surface area contributed by atoms with Gasteiger partial charge >= 0.3 is 12.1 Å². The summed E-state index contributed by atoms with van der Waals surface area (Å²) < 4.78 is 54.9. The van der Waals surface area contributed by atoms with E-state index in [1.54, 1.807) is 29.2 Å². The first kappa shape index (κ1) is 30.8. The molecule has 1 saturated heterocycles. The zero-order valence-corrected chi connectivity index (χ0v) is 21.0. The summed E-state index contributed by atoms with van der Waals surface area (Å²) in [5.41, 5.74) is 7.08. The first-order valence-electron chi connectivity index (χ1n) is 10.9. The number of hydrogen-bond acceptors (Lipinski definition) is 7. The zero-order chi connectivity index (χ0) is 27.1. The molecular formula is C22H34F3N3O6S. The minimum atomic E-state index is -5.08. The van der Waals surface area contributed by atoms with E-state index < -0.39 is 27.4 Å². The van der Waals surface area contributed by atoms with Crippen LogP contribution in [0.5, 0.6) is 0 Å². The number of sulfone groups is 1. The second-order valence-corrected chi connectivity index (χ2v) is 11.2. The Morgan fingerprint density at radius 2 is 1.74 bits per heavy atom. The zero-order valence-electron chi connectivity index (χ0n) is 20.2. The summed E-state index contributed by atoms with van der Waals surface area (Å²) in [5, 5.41) is 15.8. The van der Waals surface area contributed by atoms with E-state index in [1.165, 1.54) is 0 Å². The first-order chi connectivity index (χ1) is 15.9. The smallest absolute Gasteiger partial charge is 0.475 e. The third-order valence-electron chi connectivity index (χ3n) is 5.72. The lowest BCUT2D eigenvalue weighted by molar-refractivity contribution is -0.192. The third-order valence-corrected chi connectivity index (χ3v) is 6.92. The molecular weight excluding hydrogens is 491 g/mol. The van der Waals surface area contributed by atoms with Gasteiger partial charge in [-0.2, -0.15) is 13.2 Å². The van der Waals surface area contributed by atoms with E-state index in [0.717, 1.165) is 31.3 Å². The highest BCUT2D eigenvalue weighted by Crippen LogP contribution is 2.19. The molecule has 2 rings (SSSR count). The Bertz CT molecular complexity index is 954. The Labute approximate surface area is 203 Å². The number of carboxylic acid groups (broad SMARTS) is 1. The molecule has 1 aromatic carbocycles. The van der Waals surface area contributed by atoms with Crippen LogP contribution in [0.15, 0.2) is 24.3 Å². The van der Waals surface area contributed by atoms with Crippen molar-refractivity contribution in [2.24, 2.45) is 11.7 Å². The Kier molecular flexibility index (Phi) is 11.1. The molecule has 1 fully saturated rings. The fraction of sp³-hybridized carbons (Fsp3) is 0.636. The highest BCUT2D eigenvalue weighted by Gasteiger charge is 2.38. The molecule has 0 aliphatic carbocycles. The Balaban J connectivity index is 0.000000762. The number of likely N-dealkylation sites (N-methyl/N-ethyl adjacent to an activating group) is 1. The number of rotatable bonds is 8. The predicted octanol–water partition coefficient (Wildman–Crippen LogP) is 1.41. The second kappa shape index (κ2) is 12.7. The van der Waals surface area contributed by atoms with Crippen LogP contribution in [0.4, 0.5) is 13.2 Å². The fourth-order valence-corrected chi connectivity index (χ4v) is 4.23. The molecule has 9 nitrogen and oxygen atoms in total. The molecule has 0 bridgehead atoms. The van der Waals surface area contributed by atoms with Crippen molar-refractivity contribution in [3.8, 4) is 0 Å². The molecule has 1 aromatic rings. The van der Waals surface area contributed by atoms with Crippen LogP contribution in [0.2, 0.25) is 0 Å². The standard InChI is InChI=1S/C20H33N3O4S.C2HF3O2/c1-14(2)18(13-23-10-9-17(24)12-23)22(3)19(25)11-15-5-7-16(8-6-15)20(21)28(4,26)27;3-2(4,5)1(6)7/h5-8,14,17-18,20,24H,9-13,21H2,1-4H3;(H,6,7)/t17?,18-,20?;/m1./s1. The van der Waals surface area contributed by atoms with Crippen molar-refractivity contribution in [3.63, 3.8) is 0 Å². The lowest BCUT2D eigenvalue weighted by Crippen LogP contribution is -2.48. The largest absolute Gasteiger partial charge is 0.490 e. The van der Waals surface area contributed by atoms with Gasteiger partial charge in [-0.05, 0) is 23.5 Å². The summed E-state index contributed by atoms with van der Waals surface area (Å²) in [4.78, 5) is 25.7. The Morgan fingerprint density at radius 3 is 2.11 bits per heavy atom. The van der Waals surface area contributed by atoms with Crippen molar-refractivity contribution < 1.29 is 41.4 Å². The number of carbonyl (C=O) groups is 2. The maximum atomic E-state index is 12.8. The number of likely N-dealkylation sites (tertiary alicyclic amines) is 1. The first-order valence-corrected chi connectivity index (χ1v) is 12.9. The van der Waals surface area contributed by atoms with Crippen molar-refractivity contribution >= 4 is 21.7 Å². The van der Waals surface area contributed by atoms with E-state index in [9.17, 15) is 31.5 Å². The molecule has 1 heterocycles. The number of nitrogens with zero attached hydrogens (tertiary/aromatic N) is 2. The Morgan fingerprint density at radius 1 is 1.23 bits per heavy atom. The van der Waals surface area contributed by atoms with Gasteiger partial charge in [0.1, 0.15) is 5.37 Å². The molecule has 1 amide bonds. The number of hydrogen-bond donors (Lipinski definition) is 3.